The number of carbonyl (C=O) groups excluding carboxylic acids is 1. The van der Waals surface area contributed by atoms with Crippen LogP contribution >= 0.6 is 11.3 Å². The van der Waals surface area contributed by atoms with Crippen molar-refractivity contribution in [2.45, 2.75) is 52.1 Å². The predicted molar refractivity (Wildman–Crippen MR) is 146 cm³/mol. The third-order valence-corrected chi connectivity index (χ3v) is 9.21. The molecule has 0 atom stereocenters. The van der Waals surface area contributed by atoms with Crippen LogP contribution in [0.25, 0.3) is 10.2 Å². The number of nitrogens with zero attached hydrogens (tertiary/aromatic N) is 3. The molecule has 36 heavy (non-hydrogen) atoms. The summed E-state index contributed by atoms with van der Waals surface area (Å²) in [7, 11) is -3.70. The molecule has 0 fully saturated rings. The van der Waals surface area contributed by atoms with Crippen molar-refractivity contribution in [2.75, 3.05) is 6.54 Å². The average molecular weight is 522 g/mol. The summed E-state index contributed by atoms with van der Waals surface area (Å²) in [5.41, 5.74) is 4.76. The maximum Gasteiger partial charge on any atom is 0.279 e. The van der Waals surface area contributed by atoms with E-state index in [0.717, 1.165) is 28.7 Å². The van der Waals surface area contributed by atoms with Crippen LogP contribution in [0.3, 0.4) is 0 Å². The van der Waals surface area contributed by atoms with Crippen LogP contribution in [0, 0.1) is 13.8 Å². The Morgan fingerprint density at radius 3 is 2.28 bits per heavy atom. The molecule has 0 aliphatic carbocycles. The van der Waals surface area contributed by atoms with Crippen LogP contribution in [0.4, 0.5) is 0 Å². The summed E-state index contributed by atoms with van der Waals surface area (Å²) >= 11 is 1.50. The second kappa shape index (κ2) is 10.9. The van der Waals surface area contributed by atoms with Gasteiger partial charge in [-0.1, -0.05) is 55.5 Å². The van der Waals surface area contributed by atoms with E-state index in [9.17, 15) is 13.2 Å². The first kappa shape index (κ1) is 26.0. The Hall–Kier alpha value is -3.07. The third kappa shape index (κ3) is 5.36. The van der Waals surface area contributed by atoms with Crippen LogP contribution in [0.5, 0.6) is 0 Å². The number of aromatic nitrogens is 1. The van der Waals surface area contributed by atoms with E-state index in [-0.39, 0.29) is 17.3 Å². The molecule has 0 spiro atoms. The van der Waals surface area contributed by atoms with Gasteiger partial charge in [-0.2, -0.15) is 9.30 Å². The van der Waals surface area contributed by atoms with Gasteiger partial charge in [-0.3, -0.25) is 4.79 Å². The molecule has 0 N–H and O–H groups in total. The third-order valence-electron chi connectivity index (χ3n) is 6.24. The molecule has 0 bridgehead atoms. The van der Waals surface area contributed by atoms with E-state index in [0.29, 0.717) is 16.9 Å². The van der Waals surface area contributed by atoms with Crippen molar-refractivity contribution in [3.8, 4) is 0 Å². The standard InChI is InChI=1S/C28H31N3O3S2/c1-5-16-31-25-17-20(3)21(4)18-26(25)35-28(31)29-27(32)23-12-14-24(15-13-23)36(33,34)30(6-2)19-22-10-8-7-9-11-22/h7-15,17-18H,5-6,16,19H2,1-4H3. The lowest BCUT2D eigenvalue weighted by Gasteiger charge is -2.20. The largest absolute Gasteiger partial charge is 0.316 e. The first-order valence-corrected chi connectivity index (χ1v) is 14.3. The molecule has 4 rings (SSSR count). The quantitative estimate of drug-likeness (QED) is 0.299. The number of amides is 1. The zero-order valence-electron chi connectivity index (χ0n) is 21.1. The molecule has 1 amide bonds. The molecule has 0 saturated heterocycles. The minimum Gasteiger partial charge on any atom is -0.316 e. The minimum atomic E-state index is -3.70. The Balaban J connectivity index is 1.63. The van der Waals surface area contributed by atoms with Gasteiger partial charge in [0.25, 0.3) is 5.91 Å². The van der Waals surface area contributed by atoms with E-state index in [1.165, 1.54) is 38.9 Å². The van der Waals surface area contributed by atoms with E-state index < -0.39 is 10.0 Å². The number of aryl methyl sites for hydroxylation is 3. The number of benzene rings is 3. The Morgan fingerprint density at radius 1 is 0.972 bits per heavy atom. The smallest absolute Gasteiger partial charge is 0.279 e. The van der Waals surface area contributed by atoms with Crippen molar-refractivity contribution in [3.63, 3.8) is 0 Å². The Morgan fingerprint density at radius 2 is 1.64 bits per heavy atom. The molecular weight excluding hydrogens is 490 g/mol. The van der Waals surface area contributed by atoms with Crippen molar-refractivity contribution >= 4 is 37.5 Å². The highest BCUT2D eigenvalue weighted by molar-refractivity contribution is 7.89. The van der Waals surface area contributed by atoms with Crippen molar-refractivity contribution in [1.82, 2.24) is 8.87 Å². The van der Waals surface area contributed by atoms with Crippen LogP contribution in [-0.2, 0) is 23.1 Å². The summed E-state index contributed by atoms with van der Waals surface area (Å²) in [5, 5.41) is 0. The first-order valence-electron chi connectivity index (χ1n) is 12.1. The molecule has 4 aromatic rings. The number of carbonyl (C=O) groups is 1. The van der Waals surface area contributed by atoms with E-state index >= 15 is 0 Å². The number of hydrogen-bond acceptors (Lipinski definition) is 4. The van der Waals surface area contributed by atoms with Crippen LogP contribution in [0.2, 0.25) is 0 Å². The van der Waals surface area contributed by atoms with Gasteiger partial charge in [0.05, 0.1) is 15.1 Å². The van der Waals surface area contributed by atoms with Crippen molar-refractivity contribution in [2.24, 2.45) is 4.99 Å². The van der Waals surface area contributed by atoms with Crippen molar-refractivity contribution < 1.29 is 13.2 Å². The molecule has 0 unspecified atom stereocenters. The molecule has 1 heterocycles. The van der Waals surface area contributed by atoms with E-state index in [2.05, 4.69) is 42.5 Å². The number of fused-ring (bicyclic) bond motifs is 1. The van der Waals surface area contributed by atoms with Gasteiger partial charge in [-0.25, -0.2) is 8.42 Å². The van der Waals surface area contributed by atoms with E-state index in [1.54, 1.807) is 12.1 Å². The highest BCUT2D eigenvalue weighted by Gasteiger charge is 2.23. The maximum atomic E-state index is 13.2. The van der Waals surface area contributed by atoms with Gasteiger partial charge in [0.15, 0.2) is 4.80 Å². The minimum absolute atomic E-state index is 0.158. The zero-order chi connectivity index (χ0) is 25.9. The van der Waals surface area contributed by atoms with Crippen molar-refractivity contribution in [1.29, 1.82) is 0 Å². The van der Waals surface area contributed by atoms with Crippen molar-refractivity contribution in [3.05, 3.63) is 93.8 Å². The molecular formula is C28H31N3O3S2. The SMILES string of the molecule is CCCn1c(=NC(=O)c2ccc(S(=O)(=O)N(CC)Cc3ccccc3)cc2)sc2cc(C)c(C)cc21. The zero-order valence-corrected chi connectivity index (χ0v) is 22.7. The number of hydrogen-bond donors (Lipinski definition) is 0. The molecule has 1 aromatic heterocycles. The molecule has 6 nitrogen and oxygen atoms in total. The summed E-state index contributed by atoms with van der Waals surface area (Å²) in [6.45, 7) is 9.47. The Bertz CT molecular complexity index is 1550. The highest BCUT2D eigenvalue weighted by atomic mass is 32.2. The van der Waals surface area contributed by atoms with Crippen LogP contribution in [-0.4, -0.2) is 29.7 Å². The van der Waals surface area contributed by atoms with E-state index in [4.69, 9.17) is 0 Å². The summed E-state index contributed by atoms with van der Waals surface area (Å²) in [4.78, 5) is 18.3. The molecule has 0 aliphatic heterocycles. The van der Waals surface area contributed by atoms with E-state index in [1.807, 2.05) is 37.3 Å². The lowest BCUT2D eigenvalue weighted by Crippen LogP contribution is -2.30. The Labute approximate surface area is 216 Å². The summed E-state index contributed by atoms with van der Waals surface area (Å²) in [6, 6.07) is 19.8. The van der Waals surface area contributed by atoms with Crippen LogP contribution < -0.4 is 4.80 Å². The normalized spacial score (nSPS) is 12.5. The van der Waals surface area contributed by atoms with Gasteiger partial charge in [0, 0.05) is 25.2 Å². The predicted octanol–water partition coefficient (Wildman–Crippen LogP) is 5.68. The van der Waals surface area contributed by atoms with Gasteiger partial charge in [0.1, 0.15) is 0 Å². The maximum absolute atomic E-state index is 13.2. The number of thiazole rings is 1. The van der Waals surface area contributed by atoms with Gasteiger partial charge in [-0.05, 0) is 73.4 Å². The summed E-state index contributed by atoms with van der Waals surface area (Å²) in [6.07, 6.45) is 0.920. The molecule has 188 valence electrons. The fraction of sp³-hybridized carbons (Fsp3) is 0.286. The fourth-order valence-electron chi connectivity index (χ4n) is 4.07. The van der Waals surface area contributed by atoms with Gasteiger partial charge < -0.3 is 4.57 Å². The summed E-state index contributed by atoms with van der Waals surface area (Å²) < 4.78 is 31.1. The van der Waals surface area contributed by atoms with Gasteiger partial charge >= 0.3 is 0 Å². The fourth-order valence-corrected chi connectivity index (χ4v) is 6.64. The average Bonchev–Trinajstić information content (AvgIpc) is 3.19. The second-order valence-electron chi connectivity index (χ2n) is 8.80. The first-order chi connectivity index (χ1) is 17.2. The Kier molecular flexibility index (Phi) is 7.88. The second-order valence-corrected chi connectivity index (χ2v) is 11.7. The van der Waals surface area contributed by atoms with Crippen LogP contribution in [0.15, 0.2) is 76.6 Å². The molecule has 0 aliphatic rings. The number of rotatable bonds is 8. The van der Waals surface area contributed by atoms with Gasteiger partial charge in [0.2, 0.25) is 10.0 Å². The molecule has 8 heteroatoms. The highest BCUT2D eigenvalue weighted by Crippen LogP contribution is 2.23. The topological polar surface area (TPSA) is 71.7 Å². The lowest BCUT2D eigenvalue weighted by atomic mass is 10.1. The summed E-state index contributed by atoms with van der Waals surface area (Å²) in [5.74, 6) is -0.388. The number of sulfonamides is 1. The lowest BCUT2D eigenvalue weighted by molar-refractivity contribution is 0.0997. The van der Waals surface area contributed by atoms with Crippen LogP contribution in [0.1, 0.15) is 47.3 Å². The van der Waals surface area contributed by atoms with Gasteiger partial charge in [-0.15, -0.1) is 0 Å². The molecule has 0 saturated carbocycles. The molecule has 0 radical (unpaired) electrons. The monoisotopic (exact) mass is 521 g/mol. The molecule has 3 aromatic carbocycles.